The van der Waals surface area contributed by atoms with Crippen LogP contribution in [-0.4, -0.2) is 81.6 Å². The molecule has 2 aromatic carbocycles. The summed E-state index contributed by atoms with van der Waals surface area (Å²) in [6.07, 6.45) is 10.1. The largest absolute Gasteiger partial charge is 0.481 e. The molecule has 4 rings (SSSR count). The quantitative estimate of drug-likeness (QED) is 0.0229. The molecule has 2 heterocycles. The number of pyridine rings is 2. The highest BCUT2D eigenvalue weighted by Gasteiger charge is 2.15. The number of urea groups is 1. The fourth-order valence-electron chi connectivity index (χ4n) is 7.00. The molecule has 4 N–H and O–H groups in total. The van der Waals surface area contributed by atoms with Crippen molar-refractivity contribution < 1.29 is 43.4 Å². The van der Waals surface area contributed by atoms with Crippen LogP contribution in [0.15, 0.2) is 72.8 Å². The molecule has 0 radical (unpaired) electrons. The van der Waals surface area contributed by atoms with Gasteiger partial charge in [-0.3, -0.25) is 34.0 Å². The van der Waals surface area contributed by atoms with E-state index in [2.05, 4.69) is 57.2 Å². The molecular formula is C47H62N6O9. The van der Waals surface area contributed by atoms with Gasteiger partial charge in [-0.25, -0.2) is 4.79 Å². The first-order valence-corrected chi connectivity index (χ1v) is 21.7. The summed E-state index contributed by atoms with van der Waals surface area (Å²) in [7, 11) is 0. The molecule has 0 fully saturated rings. The second kappa shape index (κ2) is 30.1. The van der Waals surface area contributed by atoms with E-state index in [1.165, 1.54) is 0 Å². The van der Waals surface area contributed by atoms with Crippen molar-refractivity contribution in [1.82, 2.24) is 30.8 Å². The molecule has 0 saturated heterocycles. The van der Waals surface area contributed by atoms with Crippen LogP contribution in [0.25, 0.3) is 21.8 Å². The average molecular weight is 855 g/mol. The molecule has 2 unspecified atom stereocenters. The molecule has 15 heteroatoms. The number of aliphatic carboxylic acids is 1. The Kier molecular flexibility index (Phi) is 24.4. The number of carboxylic acids is 1. The minimum Gasteiger partial charge on any atom is -0.481 e. The van der Waals surface area contributed by atoms with Gasteiger partial charge in [0.1, 0.15) is 5.78 Å². The monoisotopic (exact) mass is 854 g/mol. The number of ketones is 1. The lowest BCUT2D eigenvalue weighted by molar-refractivity contribution is -0.191. The number of Topliss-reactive ketones (excluding diaryl/α,β-unsaturated/α-hetero) is 1. The molecule has 0 aliphatic heterocycles. The third-order valence-electron chi connectivity index (χ3n) is 10.3. The molecule has 2 atom stereocenters. The maximum Gasteiger partial charge on any atom is 0.373 e. The van der Waals surface area contributed by atoms with Crippen molar-refractivity contribution in [2.75, 3.05) is 13.1 Å². The summed E-state index contributed by atoms with van der Waals surface area (Å²) in [5, 5.41) is 19.3. The van der Waals surface area contributed by atoms with Gasteiger partial charge in [-0.15, -0.1) is 0 Å². The molecular weight excluding hydrogens is 793 g/mol. The van der Waals surface area contributed by atoms with Crippen LogP contribution < -0.4 is 16.0 Å². The second-order valence-corrected chi connectivity index (χ2v) is 15.4. The van der Waals surface area contributed by atoms with Crippen LogP contribution >= 0.6 is 0 Å². The number of hydrogen-bond acceptors (Lipinski definition) is 11. The van der Waals surface area contributed by atoms with E-state index in [1.807, 2.05) is 36.4 Å². The maximum atomic E-state index is 12.7. The molecule has 4 aromatic rings. The Balaban J connectivity index is 0.00000331. The fraction of sp³-hybridized carbons (Fsp3) is 0.489. The zero-order chi connectivity index (χ0) is 44.8. The smallest absolute Gasteiger partial charge is 0.373 e. The number of unbranched alkanes of at least 4 members (excludes halogenated alkanes) is 7. The van der Waals surface area contributed by atoms with Crippen molar-refractivity contribution in [2.24, 2.45) is 0 Å². The van der Waals surface area contributed by atoms with E-state index in [1.54, 1.807) is 6.92 Å². The Hall–Kier alpha value is -6.05. The number of benzene rings is 2. The summed E-state index contributed by atoms with van der Waals surface area (Å²) in [6.45, 7) is 4.78. The van der Waals surface area contributed by atoms with Crippen molar-refractivity contribution in [2.45, 2.75) is 135 Å². The molecule has 0 aliphatic carbocycles. The van der Waals surface area contributed by atoms with Crippen molar-refractivity contribution in [3.05, 3.63) is 84.2 Å². The van der Waals surface area contributed by atoms with Crippen molar-refractivity contribution in [3.8, 4) is 0 Å². The van der Waals surface area contributed by atoms with Gasteiger partial charge >= 0.3 is 18.2 Å². The van der Waals surface area contributed by atoms with Gasteiger partial charge in [0.2, 0.25) is 5.91 Å². The molecule has 2 aromatic heterocycles. The van der Waals surface area contributed by atoms with E-state index in [9.17, 15) is 24.0 Å². The fourth-order valence-corrected chi connectivity index (χ4v) is 7.00. The van der Waals surface area contributed by atoms with Crippen molar-refractivity contribution in [1.29, 1.82) is 0 Å². The van der Waals surface area contributed by atoms with Gasteiger partial charge < -0.3 is 25.8 Å². The first kappa shape index (κ1) is 50.3. The van der Waals surface area contributed by atoms with Crippen molar-refractivity contribution in [3.63, 3.8) is 0 Å². The molecule has 334 valence electrons. The summed E-state index contributed by atoms with van der Waals surface area (Å²) in [4.78, 5) is 87.2. The number of para-hydroxylation sites is 2. The van der Waals surface area contributed by atoms with E-state index >= 15 is 0 Å². The average Bonchev–Trinajstić information content (AvgIpc) is 3.25. The van der Waals surface area contributed by atoms with Gasteiger partial charge in [0, 0.05) is 68.6 Å². The molecule has 15 nitrogen and oxygen atoms in total. The molecule has 62 heavy (non-hydrogen) atoms. The number of carbonyl (C=O) groups is 5. The summed E-state index contributed by atoms with van der Waals surface area (Å²) < 4.78 is 5.24. The Labute approximate surface area is 363 Å². The SMILES string of the molecule is CC(CCC(=O)O)NC(=O)NCCCCCCC(=O)CCCCCCC(=O)NC(CCCCN(Cc1ccc2ccccc2n1)Cc1ccc2ccccc2n1)OC=O.O=C=O. The highest BCUT2D eigenvalue weighted by atomic mass is 16.5. The molecule has 0 spiro atoms. The third kappa shape index (κ3) is 21.5. The number of carbonyl (C=O) groups excluding carboxylic acids is 6. The van der Waals surface area contributed by atoms with E-state index in [0.717, 1.165) is 97.5 Å². The second-order valence-electron chi connectivity index (χ2n) is 15.4. The number of aromatic nitrogens is 2. The Bertz CT molecular complexity index is 1940. The van der Waals surface area contributed by atoms with Gasteiger partial charge in [0.05, 0.1) is 22.4 Å². The predicted octanol–water partition coefficient (Wildman–Crippen LogP) is 7.40. The molecule has 0 bridgehead atoms. The maximum absolute atomic E-state index is 12.7. The van der Waals surface area contributed by atoms with Crippen LogP contribution in [0, 0.1) is 0 Å². The molecule has 3 amide bonds. The molecule has 0 saturated carbocycles. The highest BCUT2D eigenvalue weighted by Crippen LogP contribution is 2.18. The Morgan fingerprint density at radius 1 is 0.694 bits per heavy atom. The van der Waals surface area contributed by atoms with Gasteiger partial charge in [-0.1, -0.05) is 74.2 Å². The van der Waals surface area contributed by atoms with Gasteiger partial charge in [-0.05, 0) is 82.7 Å². The standard InChI is InChI=1S/C46H62N6O7.CO2/c1-35(24-29-45(56)57)48-46(58)47-30-14-5-4-7-19-40(54)18-6-2-3-8-22-43(55)51-44(59-34-53)23-13-15-31-52(32-38-27-25-36-16-9-11-20-41(36)49-38)33-39-28-26-37-17-10-12-21-42(37)50-39;2-1-3/h9-12,16-17,20-21,25-28,34-35,44H,2-8,13-15,18-19,22-24,29-33H2,1H3,(H,51,55)(H,56,57)(H2,47,48,58);. The predicted molar refractivity (Wildman–Crippen MR) is 234 cm³/mol. The lowest BCUT2D eigenvalue weighted by Gasteiger charge is -2.23. The Morgan fingerprint density at radius 3 is 1.81 bits per heavy atom. The zero-order valence-electron chi connectivity index (χ0n) is 35.9. The number of hydrogen-bond donors (Lipinski definition) is 4. The summed E-state index contributed by atoms with van der Waals surface area (Å²) in [6, 6.07) is 24.0. The highest BCUT2D eigenvalue weighted by molar-refractivity contribution is 5.79. The van der Waals surface area contributed by atoms with Crippen molar-refractivity contribution >= 4 is 58.1 Å². The number of nitrogens with one attached hydrogen (secondary N) is 3. The Morgan fingerprint density at radius 2 is 1.24 bits per heavy atom. The van der Waals surface area contributed by atoms with Gasteiger partial charge in [-0.2, -0.15) is 9.59 Å². The topological polar surface area (TPSA) is 214 Å². The number of amides is 3. The first-order chi connectivity index (χ1) is 30.1. The van der Waals surface area contributed by atoms with Crippen LogP contribution in [0.4, 0.5) is 4.79 Å². The van der Waals surface area contributed by atoms with Crippen LogP contribution in [0.3, 0.4) is 0 Å². The lowest BCUT2D eigenvalue weighted by atomic mass is 10.0. The van der Waals surface area contributed by atoms with Crippen LogP contribution in [0.1, 0.15) is 121 Å². The van der Waals surface area contributed by atoms with E-state index in [-0.39, 0.29) is 36.3 Å². The minimum absolute atomic E-state index is 0.0165. The van der Waals surface area contributed by atoms with Crippen LogP contribution in [0.5, 0.6) is 0 Å². The van der Waals surface area contributed by atoms with Gasteiger partial charge in [0.25, 0.3) is 6.47 Å². The number of nitrogens with zero attached hydrogens (tertiary/aromatic N) is 3. The van der Waals surface area contributed by atoms with E-state index < -0.39 is 12.2 Å². The van der Waals surface area contributed by atoms with Gasteiger partial charge in [0.15, 0.2) is 6.23 Å². The summed E-state index contributed by atoms with van der Waals surface area (Å²) >= 11 is 0. The minimum atomic E-state index is -0.881. The van der Waals surface area contributed by atoms with E-state index in [0.29, 0.717) is 64.6 Å². The third-order valence-corrected chi connectivity index (χ3v) is 10.3. The van der Waals surface area contributed by atoms with Crippen LogP contribution in [0.2, 0.25) is 0 Å². The normalized spacial score (nSPS) is 11.8. The zero-order valence-corrected chi connectivity index (χ0v) is 35.9. The van der Waals surface area contributed by atoms with E-state index in [4.69, 9.17) is 29.4 Å². The summed E-state index contributed by atoms with van der Waals surface area (Å²) in [5.74, 6) is -0.780. The van der Waals surface area contributed by atoms with Crippen LogP contribution in [-0.2, 0) is 46.6 Å². The lowest BCUT2D eigenvalue weighted by Crippen LogP contribution is -2.41. The molecule has 0 aliphatic rings. The number of fused-ring (bicyclic) bond motifs is 2. The first-order valence-electron chi connectivity index (χ1n) is 21.7. The number of rotatable bonds is 30. The number of ether oxygens (including phenoxy) is 1. The number of carboxylic acid groups (broad SMARTS) is 1. The summed E-state index contributed by atoms with van der Waals surface area (Å²) in [5.41, 5.74) is 3.88.